The molecular weight excluding hydrogens is 421 g/mol. The third-order valence-corrected chi connectivity index (χ3v) is 6.55. The average molecular weight is 437 g/mol. The third-order valence-electron chi connectivity index (χ3n) is 6.55. The maximum atomic E-state index is 14.1. The normalized spacial score (nSPS) is 26.8. The van der Waals surface area contributed by atoms with Gasteiger partial charge in [0.2, 0.25) is 17.6 Å². The second kappa shape index (κ2) is 6.74. The van der Waals surface area contributed by atoms with Gasteiger partial charge in [-0.2, -0.15) is 0 Å². The first-order chi connectivity index (χ1) is 14.8. The number of rotatable bonds is 2. The van der Waals surface area contributed by atoms with Crippen molar-refractivity contribution < 1.29 is 31.5 Å². The maximum Gasteiger partial charge on any atom is 0.250 e. The zero-order chi connectivity index (χ0) is 22.1. The van der Waals surface area contributed by atoms with Crippen molar-refractivity contribution in [3.05, 3.63) is 58.9 Å². The zero-order valence-corrected chi connectivity index (χ0v) is 15.9. The second-order valence-electron chi connectivity index (χ2n) is 7.98. The first-order valence-electron chi connectivity index (χ1n) is 9.78. The molecule has 2 fully saturated rings. The molecular formula is C21H16F5N3O2. The number of halogens is 5. The number of nitrogens with one attached hydrogen (secondary N) is 2. The Hall–Kier alpha value is -3.01. The van der Waals surface area contributed by atoms with Crippen LogP contribution in [0.25, 0.3) is 0 Å². The molecule has 3 atom stereocenters. The molecule has 3 aliphatic heterocycles. The van der Waals surface area contributed by atoms with Gasteiger partial charge in [-0.25, -0.2) is 22.0 Å². The fourth-order valence-corrected chi connectivity index (χ4v) is 5.31. The molecule has 1 spiro atoms. The van der Waals surface area contributed by atoms with Crippen LogP contribution in [-0.4, -0.2) is 29.3 Å². The lowest BCUT2D eigenvalue weighted by molar-refractivity contribution is -0.135. The van der Waals surface area contributed by atoms with E-state index >= 15 is 0 Å². The van der Waals surface area contributed by atoms with E-state index in [-0.39, 0.29) is 12.5 Å². The summed E-state index contributed by atoms with van der Waals surface area (Å²) in [7, 11) is 0. The highest BCUT2D eigenvalue weighted by atomic mass is 19.2. The molecule has 2 saturated heterocycles. The van der Waals surface area contributed by atoms with Gasteiger partial charge in [0.15, 0.2) is 23.3 Å². The van der Waals surface area contributed by atoms with Crippen LogP contribution in [0.5, 0.6) is 0 Å². The minimum atomic E-state index is -2.31. The van der Waals surface area contributed by atoms with Gasteiger partial charge in [-0.05, 0) is 31.9 Å². The summed E-state index contributed by atoms with van der Waals surface area (Å²) in [4.78, 5) is 28.3. The van der Waals surface area contributed by atoms with E-state index in [1.54, 1.807) is 24.3 Å². The number of carbonyl (C=O) groups is 2. The summed E-state index contributed by atoms with van der Waals surface area (Å²) < 4.78 is 68.8. The molecule has 2 aromatic rings. The molecule has 3 heterocycles. The quantitative estimate of drug-likeness (QED) is 0.429. The number of nitrogens with zero attached hydrogens (tertiary/aromatic N) is 1. The van der Waals surface area contributed by atoms with Crippen LogP contribution in [0.15, 0.2) is 24.3 Å². The summed E-state index contributed by atoms with van der Waals surface area (Å²) in [6.45, 7) is 0.540. The summed E-state index contributed by atoms with van der Waals surface area (Å²) >= 11 is 0. The monoisotopic (exact) mass is 437 g/mol. The van der Waals surface area contributed by atoms with Gasteiger partial charge in [0.1, 0.15) is 11.2 Å². The van der Waals surface area contributed by atoms with Crippen LogP contribution >= 0.6 is 0 Å². The molecule has 5 nitrogen and oxygen atoms in total. The van der Waals surface area contributed by atoms with Gasteiger partial charge in [0.25, 0.3) is 0 Å². The summed E-state index contributed by atoms with van der Waals surface area (Å²) in [6.07, 6.45) is 1.75. The first kappa shape index (κ1) is 19.9. The molecule has 162 valence electrons. The van der Waals surface area contributed by atoms with E-state index in [4.69, 9.17) is 0 Å². The Bertz CT molecular complexity index is 1110. The van der Waals surface area contributed by atoms with E-state index in [2.05, 4.69) is 5.32 Å². The summed E-state index contributed by atoms with van der Waals surface area (Å²) in [5.41, 5.74) is -1.75. The van der Waals surface area contributed by atoms with Crippen LogP contribution in [0.3, 0.4) is 0 Å². The Morgan fingerprint density at radius 1 is 1.03 bits per heavy atom. The van der Waals surface area contributed by atoms with Crippen molar-refractivity contribution in [2.45, 2.75) is 30.8 Å². The second-order valence-corrected chi connectivity index (χ2v) is 7.98. The van der Waals surface area contributed by atoms with Gasteiger partial charge in [0.05, 0.1) is 5.92 Å². The highest BCUT2D eigenvalue weighted by molar-refractivity contribution is 6.10. The molecule has 2 N–H and O–H groups in total. The largest absolute Gasteiger partial charge is 0.324 e. The van der Waals surface area contributed by atoms with E-state index in [9.17, 15) is 31.5 Å². The van der Waals surface area contributed by atoms with Crippen LogP contribution in [0.1, 0.15) is 24.8 Å². The maximum absolute atomic E-state index is 14.1. The fourth-order valence-electron chi connectivity index (χ4n) is 5.31. The fraction of sp³-hybridized carbons (Fsp3) is 0.333. The number of anilines is 2. The zero-order valence-electron chi connectivity index (χ0n) is 15.9. The molecule has 5 rings (SSSR count). The summed E-state index contributed by atoms with van der Waals surface area (Å²) in [5, 5.41) is 4.64. The van der Waals surface area contributed by atoms with Crippen molar-refractivity contribution in [2.24, 2.45) is 5.92 Å². The van der Waals surface area contributed by atoms with Gasteiger partial charge in [-0.1, -0.05) is 18.2 Å². The predicted molar refractivity (Wildman–Crippen MR) is 99.4 cm³/mol. The lowest BCUT2D eigenvalue weighted by Gasteiger charge is -2.36. The standard InChI is InChI=1S/C21H16F5N3O2/c22-13-14(23)16(25)18(17(26)15(13)24)28-19(30)11-8-9-4-3-7-29(9)21(11)10-5-1-2-6-12(10)27-20(21)31/h1-2,5-6,9,11H,3-4,7-8H2,(H,27,31)(H,28,30)/t9-,11-,21-/m1/s1. The van der Waals surface area contributed by atoms with Gasteiger partial charge in [-0.3, -0.25) is 14.5 Å². The van der Waals surface area contributed by atoms with Gasteiger partial charge in [0, 0.05) is 17.3 Å². The molecule has 0 unspecified atom stereocenters. The number of amides is 2. The molecule has 31 heavy (non-hydrogen) atoms. The lowest BCUT2D eigenvalue weighted by atomic mass is 9.78. The molecule has 3 aliphatic rings. The van der Waals surface area contributed by atoms with Crippen molar-refractivity contribution in [2.75, 3.05) is 17.2 Å². The van der Waals surface area contributed by atoms with Gasteiger partial charge >= 0.3 is 0 Å². The molecule has 0 aromatic heterocycles. The predicted octanol–water partition coefficient (Wildman–Crippen LogP) is 3.65. The van der Waals surface area contributed by atoms with Crippen molar-refractivity contribution in [1.29, 1.82) is 0 Å². The van der Waals surface area contributed by atoms with Crippen LogP contribution < -0.4 is 10.6 Å². The van der Waals surface area contributed by atoms with Crippen LogP contribution in [0.2, 0.25) is 0 Å². The average Bonchev–Trinajstić information content (AvgIpc) is 3.42. The van der Waals surface area contributed by atoms with Gasteiger partial charge < -0.3 is 10.6 Å². The topological polar surface area (TPSA) is 61.4 Å². The van der Waals surface area contributed by atoms with Gasteiger partial charge in [-0.15, -0.1) is 0 Å². The van der Waals surface area contributed by atoms with Crippen molar-refractivity contribution >= 4 is 23.2 Å². The highest BCUT2D eigenvalue weighted by Crippen LogP contribution is 2.55. The lowest BCUT2D eigenvalue weighted by Crippen LogP contribution is -2.53. The number of carbonyl (C=O) groups excluding carboxylic acids is 2. The van der Waals surface area contributed by atoms with E-state index in [1.165, 1.54) is 0 Å². The Morgan fingerprint density at radius 3 is 2.39 bits per heavy atom. The molecule has 10 heteroatoms. The van der Waals surface area contributed by atoms with Crippen molar-refractivity contribution in [3.8, 4) is 0 Å². The summed E-state index contributed by atoms with van der Waals surface area (Å²) in [6, 6.07) is 6.70. The Morgan fingerprint density at radius 2 is 1.68 bits per heavy atom. The molecule has 0 saturated carbocycles. The number of benzene rings is 2. The van der Waals surface area contributed by atoms with E-state index in [0.717, 1.165) is 12.8 Å². The smallest absolute Gasteiger partial charge is 0.250 e. The molecule has 0 aliphatic carbocycles. The van der Waals surface area contributed by atoms with Crippen LogP contribution in [0.4, 0.5) is 33.3 Å². The van der Waals surface area contributed by atoms with E-state index in [0.29, 0.717) is 17.8 Å². The van der Waals surface area contributed by atoms with Crippen molar-refractivity contribution in [3.63, 3.8) is 0 Å². The number of fused-ring (bicyclic) bond motifs is 4. The number of hydrogen-bond donors (Lipinski definition) is 2. The summed E-state index contributed by atoms with van der Waals surface area (Å²) in [5.74, 6) is -13.4. The van der Waals surface area contributed by atoms with Crippen molar-refractivity contribution in [1.82, 2.24) is 4.90 Å². The minimum Gasteiger partial charge on any atom is -0.324 e. The SMILES string of the molecule is O=C(Nc1c(F)c(F)c(F)c(F)c1F)[C@H]1C[C@H]2CCCN2[C@@]12C(=O)Nc1ccccc12. The minimum absolute atomic E-state index is 0.121. The highest BCUT2D eigenvalue weighted by Gasteiger charge is 2.65. The van der Waals surface area contributed by atoms with E-state index < -0.39 is 58.0 Å². The molecule has 2 aromatic carbocycles. The van der Waals surface area contributed by atoms with Crippen LogP contribution in [-0.2, 0) is 15.1 Å². The number of para-hydroxylation sites is 1. The van der Waals surface area contributed by atoms with E-state index in [1.807, 2.05) is 10.2 Å². The Labute approximate surface area is 173 Å². The Kier molecular flexibility index (Phi) is 4.34. The van der Waals surface area contributed by atoms with Crippen LogP contribution in [0, 0.1) is 35.0 Å². The molecule has 0 radical (unpaired) electrons. The Balaban J connectivity index is 1.60. The molecule has 2 amide bonds. The molecule has 0 bridgehead atoms. The first-order valence-corrected chi connectivity index (χ1v) is 9.78. The third kappa shape index (κ3) is 2.51. The number of hydrogen-bond acceptors (Lipinski definition) is 3.